The zero-order valence-electron chi connectivity index (χ0n) is 10.5. The second-order valence-corrected chi connectivity index (χ2v) is 4.73. The SMILES string of the molecule is Cc1nn(C(C)C)c(C)c1CC(C)CN. The minimum absolute atomic E-state index is 0.436. The maximum Gasteiger partial charge on any atom is 0.0628 e. The Kier molecular flexibility index (Phi) is 3.91. The van der Waals surface area contributed by atoms with Gasteiger partial charge in [-0.25, -0.2) is 0 Å². The van der Waals surface area contributed by atoms with Crippen LogP contribution in [0.4, 0.5) is 0 Å². The van der Waals surface area contributed by atoms with Crippen LogP contribution in [0.3, 0.4) is 0 Å². The van der Waals surface area contributed by atoms with E-state index in [0.29, 0.717) is 12.0 Å². The molecule has 86 valence electrons. The van der Waals surface area contributed by atoms with E-state index in [1.54, 1.807) is 0 Å². The summed E-state index contributed by atoms with van der Waals surface area (Å²) in [5.74, 6) is 0.534. The van der Waals surface area contributed by atoms with Crippen LogP contribution in [-0.2, 0) is 6.42 Å². The summed E-state index contributed by atoms with van der Waals surface area (Å²) in [5.41, 5.74) is 9.48. The van der Waals surface area contributed by atoms with Crippen LogP contribution in [0, 0.1) is 19.8 Å². The lowest BCUT2D eigenvalue weighted by Gasteiger charge is -2.11. The monoisotopic (exact) mass is 209 g/mol. The fraction of sp³-hybridized carbons (Fsp3) is 0.750. The Morgan fingerprint density at radius 3 is 2.27 bits per heavy atom. The molecule has 0 aliphatic rings. The van der Waals surface area contributed by atoms with Crippen LogP contribution in [0.15, 0.2) is 0 Å². The van der Waals surface area contributed by atoms with Gasteiger partial charge >= 0.3 is 0 Å². The molecule has 3 nitrogen and oxygen atoms in total. The predicted octanol–water partition coefficient (Wildman–Crippen LogP) is 2.22. The summed E-state index contributed by atoms with van der Waals surface area (Å²) in [6.45, 7) is 11.5. The van der Waals surface area contributed by atoms with Gasteiger partial charge in [-0.05, 0) is 52.1 Å². The molecule has 0 amide bonds. The first-order valence-corrected chi connectivity index (χ1v) is 5.72. The van der Waals surface area contributed by atoms with Crippen molar-refractivity contribution in [2.75, 3.05) is 6.54 Å². The van der Waals surface area contributed by atoms with Gasteiger partial charge < -0.3 is 5.73 Å². The lowest BCUT2D eigenvalue weighted by atomic mass is 10.00. The third-order valence-electron chi connectivity index (χ3n) is 2.92. The Labute approximate surface area is 92.7 Å². The average Bonchev–Trinajstić information content (AvgIpc) is 2.45. The van der Waals surface area contributed by atoms with E-state index >= 15 is 0 Å². The third kappa shape index (κ3) is 2.59. The molecule has 1 heterocycles. The second-order valence-electron chi connectivity index (χ2n) is 4.73. The van der Waals surface area contributed by atoms with E-state index in [1.807, 2.05) is 0 Å². The Balaban J connectivity index is 2.97. The molecule has 1 aromatic heterocycles. The highest BCUT2D eigenvalue weighted by atomic mass is 15.3. The topological polar surface area (TPSA) is 43.8 Å². The van der Waals surface area contributed by atoms with Crippen molar-refractivity contribution >= 4 is 0 Å². The molecule has 0 radical (unpaired) electrons. The van der Waals surface area contributed by atoms with E-state index in [-0.39, 0.29) is 0 Å². The molecule has 0 aliphatic heterocycles. The molecular weight excluding hydrogens is 186 g/mol. The van der Waals surface area contributed by atoms with Crippen LogP contribution in [0.5, 0.6) is 0 Å². The number of rotatable bonds is 4. The maximum atomic E-state index is 5.66. The van der Waals surface area contributed by atoms with Gasteiger partial charge in [-0.1, -0.05) is 6.92 Å². The molecule has 1 aromatic rings. The van der Waals surface area contributed by atoms with Gasteiger partial charge in [0.05, 0.1) is 5.69 Å². The van der Waals surface area contributed by atoms with E-state index in [9.17, 15) is 0 Å². The lowest BCUT2D eigenvalue weighted by molar-refractivity contribution is 0.514. The number of aromatic nitrogens is 2. The van der Waals surface area contributed by atoms with Crippen LogP contribution in [0.2, 0.25) is 0 Å². The van der Waals surface area contributed by atoms with Crippen molar-refractivity contribution in [3.8, 4) is 0 Å². The average molecular weight is 209 g/mol. The molecule has 0 spiro atoms. The molecule has 0 saturated heterocycles. The summed E-state index contributed by atoms with van der Waals surface area (Å²) in [6.07, 6.45) is 1.04. The summed E-state index contributed by atoms with van der Waals surface area (Å²) in [7, 11) is 0. The fourth-order valence-electron chi connectivity index (χ4n) is 1.93. The van der Waals surface area contributed by atoms with Gasteiger partial charge in [0.2, 0.25) is 0 Å². The van der Waals surface area contributed by atoms with Gasteiger partial charge in [-0.15, -0.1) is 0 Å². The van der Waals surface area contributed by atoms with Gasteiger partial charge in [0, 0.05) is 11.7 Å². The van der Waals surface area contributed by atoms with Crippen molar-refractivity contribution < 1.29 is 0 Å². The molecule has 1 atom stereocenters. The number of hydrogen-bond donors (Lipinski definition) is 1. The van der Waals surface area contributed by atoms with Crippen LogP contribution < -0.4 is 5.73 Å². The van der Waals surface area contributed by atoms with Gasteiger partial charge in [0.25, 0.3) is 0 Å². The van der Waals surface area contributed by atoms with Crippen LogP contribution in [0.1, 0.15) is 43.8 Å². The number of nitrogens with two attached hydrogens (primary N) is 1. The predicted molar refractivity (Wildman–Crippen MR) is 64.0 cm³/mol. The molecule has 1 rings (SSSR count). The Hall–Kier alpha value is -0.830. The second kappa shape index (κ2) is 4.79. The molecule has 1 unspecified atom stereocenters. The molecule has 0 fully saturated rings. The quantitative estimate of drug-likeness (QED) is 0.826. The fourth-order valence-corrected chi connectivity index (χ4v) is 1.93. The van der Waals surface area contributed by atoms with Crippen LogP contribution >= 0.6 is 0 Å². The van der Waals surface area contributed by atoms with Gasteiger partial charge in [-0.3, -0.25) is 4.68 Å². The van der Waals surface area contributed by atoms with E-state index in [4.69, 9.17) is 5.73 Å². The van der Waals surface area contributed by atoms with Crippen LogP contribution in [0.25, 0.3) is 0 Å². The molecular formula is C12H23N3. The van der Waals surface area contributed by atoms with Crippen molar-refractivity contribution in [3.63, 3.8) is 0 Å². The highest BCUT2D eigenvalue weighted by Gasteiger charge is 2.14. The standard InChI is InChI=1S/C12H23N3/c1-8(2)15-11(5)12(10(4)14-15)6-9(3)7-13/h8-9H,6-7,13H2,1-5H3. The minimum Gasteiger partial charge on any atom is -0.330 e. The van der Waals surface area contributed by atoms with Gasteiger partial charge in [0.15, 0.2) is 0 Å². The molecule has 0 aromatic carbocycles. The molecule has 15 heavy (non-hydrogen) atoms. The van der Waals surface area contributed by atoms with Crippen molar-refractivity contribution in [2.24, 2.45) is 11.7 Å². The summed E-state index contributed by atoms with van der Waals surface area (Å²) >= 11 is 0. The van der Waals surface area contributed by atoms with E-state index in [1.165, 1.54) is 11.3 Å². The molecule has 2 N–H and O–H groups in total. The largest absolute Gasteiger partial charge is 0.330 e. The van der Waals surface area contributed by atoms with Gasteiger partial charge in [0.1, 0.15) is 0 Å². The van der Waals surface area contributed by atoms with Crippen molar-refractivity contribution in [2.45, 2.75) is 47.1 Å². The number of hydrogen-bond acceptors (Lipinski definition) is 2. The molecule has 3 heteroatoms. The summed E-state index contributed by atoms with van der Waals surface area (Å²) in [6, 6.07) is 0.436. The Morgan fingerprint density at radius 1 is 1.27 bits per heavy atom. The highest BCUT2D eigenvalue weighted by Crippen LogP contribution is 2.19. The number of aryl methyl sites for hydroxylation is 1. The first kappa shape index (κ1) is 12.2. The smallest absolute Gasteiger partial charge is 0.0628 e. The van der Waals surface area contributed by atoms with E-state index < -0.39 is 0 Å². The summed E-state index contributed by atoms with van der Waals surface area (Å²) < 4.78 is 2.11. The lowest BCUT2D eigenvalue weighted by Crippen LogP contribution is -2.14. The van der Waals surface area contributed by atoms with E-state index in [2.05, 4.69) is 44.4 Å². The van der Waals surface area contributed by atoms with Gasteiger partial charge in [-0.2, -0.15) is 5.10 Å². The third-order valence-corrected chi connectivity index (χ3v) is 2.92. The first-order chi connectivity index (χ1) is 6.97. The molecule has 0 saturated carbocycles. The normalized spacial score (nSPS) is 13.5. The van der Waals surface area contributed by atoms with Crippen LogP contribution in [-0.4, -0.2) is 16.3 Å². The highest BCUT2D eigenvalue weighted by molar-refractivity contribution is 5.25. The summed E-state index contributed by atoms with van der Waals surface area (Å²) in [5, 5.41) is 4.57. The van der Waals surface area contributed by atoms with Crippen molar-refractivity contribution in [1.29, 1.82) is 0 Å². The molecule has 0 aliphatic carbocycles. The Morgan fingerprint density at radius 2 is 1.87 bits per heavy atom. The van der Waals surface area contributed by atoms with Crippen molar-refractivity contribution in [3.05, 3.63) is 17.0 Å². The number of nitrogens with zero attached hydrogens (tertiary/aromatic N) is 2. The maximum absolute atomic E-state index is 5.66. The zero-order chi connectivity index (χ0) is 11.6. The molecule has 0 bridgehead atoms. The first-order valence-electron chi connectivity index (χ1n) is 5.72. The Bertz CT molecular complexity index is 326. The van der Waals surface area contributed by atoms with Crippen molar-refractivity contribution in [1.82, 2.24) is 9.78 Å². The summed E-state index contributed by atoms with van der Waals surface area (Å²) in [4.78, 5) is 0. The minimum atomic E-state index is 0.436. The zero-order valence-corrected chi connectivity index (χ0v) is 10.5. The van der Waals surface area contributed by atoms with E-state index in [0.717, 1.165) is 18.7 Å².